The molecule has 9 nitrogen and oxygen atoms in total. The van der Waals surface area contributed by atoms with Crippen LogP contribution >= 0.6 is 15.9 Å². The second-order valence-electron chi connectivity index (χ2n) is 9.47. The molecule has 0 fully saturated rings. The molecule has 0 saturated carbocycles. The SMILES string of the molecule is CNCCOCCOCCOCCNC(=O)CBr.O=CCCCCCCCCCCCCCCCCC(=O)O. The normalized spacial score (nSPS) is 10.6. The first kappa shape index (κ1) is 40.1. The lowest BCUT2D eigenvalue weighted by Gasteiger charge is -2.07. The minimum absolute atomic E-state index is 0.0337. The molecule has 10 heteroatoms. The number of rotatable bonds is 30. The Kier molecular flexibility index (Phi) is 37.9. The fourth-order valence-electron chi connectivity index (χ4n) is 3.65. The number of carbonyl (C=O) groups is 3. The van der Waals surface area contributed by atoms with E-state index in [1.807, 2.05) is 7.05 Å². The minimum atomic E-state index is -0.668. The molecule has 0 saturated heterocycles. The van der Waals surface area contributed by atoms with Crippen LogP contribution in [0.2, 0.25) is 0 Å². The summed E-state index contributed by atoms with van der Waals surface area (Å²) in [6.07, 6.45) is 19.3. The Morgan fingerprint density at radius 1 is 0.667 bits per heavy atom. The molecular weight excluding hydrogens is 568 g/mol. The smallest absolute Gasteiger partial charge is 0.303 e. The van der Waals surface area contributed by atoms with Crippen LogP contribution in [-0.2, 0) is 28.6 Å². The van der Waals surface area contributed by atoms with Gasteiger partial charge in [-0.05, 0) is 19.9 Å². The molecule has 0 spiro atoms. The van der Waals surface area contributed by atoms with Crippen molar-refractivity contribution in [1.29, 1.82) is 0 Å². The first-order chi connectivity index (χ1) is 19.1. The van der Waals surface area contributed by atoms with Gasteiger partial charge in [0.15, 0.2) is 0 Å². The van der Waals surface area contributed by atoms with Gasteiger partial charge in [0.25, 0.3) is 0 Å². The summed E-state index contributed by atoms with van der Waals surface area (Å²) in [4.78, 5) is 31.3. The van der Waals surface area contributed by atoms with E-state index >= 15 is 0 Å². The molecule has 0 heterocycles. The van der Waals surface area contributed by atoms with Gasteiger partial charge in [-0.2, -0.15) is 0 Å². The van der Waals surface area contributed by atoms with Crippen LogP contribution in [0.5, 0.6) is 0 Å². The summed E-state index contributed by atoms with van der Waals surface area (Å²) in [5.74, 6) is -0.702. The average Bonchev–Trinajstić information content (AvgIpc) is 2.93. The van der Waals surface area contributed by atoms with E-state index in [2.05, 4.69) is 26.6 Å². The van der Waals surface area contributed by atoms with Crippen LogP contribution in [0.25, 0.3) is 0 Å². The maximum Gasteiger partial charge on any atom is 0.303 e. The van der Waals surface area contributed by atoms with Crippen LogP contribution in [-0.4, -0.2) is 88.4 Å². The molecule has 39 heavy (non-hydrogen) atoms. The Labute approximate surface area is 246 Å². The molecule has 0 unspecified atom stereocenters. The van der Waals surface area contributed by atoms with Crippen LogP contribution in [0.15, 0.2) is 0 Å². The van der Waals surface area contributed by atoms with Crippen LogP contribution in [0, 0.1) is 0 Å². The van der Waals surface area contributed by atoms with Crippen LogP contribution in [0.3, 0.4) is 0 Å². The maximum absolute atomic E-state index is 10.8. The molecular formula is C29H57BrN2O7. The van der Waals surface area contributed by atoms with E-state index in [4.69, 9.17) is 19.3 Å². The monoisotopic (exact) mass is 624 g/mol. The number of likely N-dealkylation sites (N-methyl/N-ethyl adjacent to an activating group) is 1. The summed E-state index contributed by atoms with van der Waals surface area (Å²) in [6.45, 7) is 4.82. The lowest BCUT2D eigenvalue weighted by Crippen LogP contribution is -2.28. The summed E-state index contributed by atoms with van der Waals surface area (Å²) >= 11 is 3.06. The van der Waals surface area contributed by atoms with Gasteiger partial charge in [0.2, 0.25) is 5.91 Å². The van der Waals surface area contributed by atoms with E-state index < -0.39 is 5.97 Å². The van der Waals surface area contributed by atoms with Gasteiger partial charge in [-0.3, -0.25) is 9.59 Å². The second-order valence-corrected chi connectivity index (χ2v) is 10.0. The lowest BCUT2D eigenvalue weighted by atomic mass is 10.0. The number of amides is 1. The van der Waals surface area contributed by atoms with Crippen molar-refractivity contribution in [3.05, 3.63) is 0 Å². The van der Waals surface area contributed by atoms with Gasteiger partial charge in [0.05, 0.1) is 45.0 Å². The number of hydrogen-bond acceptors (Lipinski definition) is 7. The third-order valence-corrected chi connectivity index (χ3v) is 6.40. The summed E-state index contributed by atoms with van der Waals surface area (Å²) in [7, 11) is 1.89. The number of carbonyl (C=O) groups excluding carboxylic acids is 2. The number of carboxylic acids is 1. The zero-order valence-corrected chi connectivity index (χ0v) is 26.1. The Hall–Kier alpha value is -1.07. The summed E-state index contributed by atoms with van der Waals surface area (Å²) in [5.41, 5.74) is 0. The van der Waals surface area contributed by atoms with Crippen molar-refractivity contribution in [1.82, 2.24) is 10.6 Å². The number of carboxylic acid groups (broad SMARTS) is 1. The number of hydrogen-bond donors (Lipinski definition) is 3. The molecule has 3 N–H and O–H groups in total. The molecule has 0 radical (unpaired) electrons. The van der Waals surface area contributed by atoms with Crippen molar-refractivity contribution in [2.75, 3.05) is 65.1 Å². The highest BCUT2D eigenvalue weighted by Gasteiger charge is 1.98. The predicted molar refractivity (Wildman–Crippen MR) is 161 cm³/mol. The van der Waals surface area contributed by atoms with E-state index in [1.54, 1.807) is 0 Å². The van der Waals surface area contributed by atoms with Gasteiger partial charge in [-0.1, -0.05) is 93.0 Å². The second kappa shape index (κ2) is 36.9. The molecule has 0 aromatic rings. The first-order valence-corrected chi connectivity index (χ1v) is 16.1. The van der Waals surface area contributed by atoms with Crippen molar-refractivity contribution < 1.29 is 33.7 Å². The van der Waals surface area contributed by atoms with Gasteiger partial charge in [-0.15, -0.1) is 0 Å². The van der Waals surface area contributed by atoms with Crippen molar-refractivity contribution in [3.8, 4) is 0 Å². The van der Waals surface area contributed by atoms with Crippen LogP contribution in [0.4, 0.5) is 0 Å². The van der Waals surface area contributed by atoms with E-state index in [-0.39, 0.29) is 5.91 Å². The van der Waals surface area contributed by atoms with Gasteiger partial charge >= 0.3 is 5.97 Å². The Morgan fingerprint density at radius 3 is 1.49 bits per heavy atom. The number of halogens is 1. The number of nitrogens with one attached hydrogen (secondary N) is 2. The molecule has 0 aromatic carbocycles. The topological polar surface area (TPSA) is 123 Å². The maximum atomic E-state index is 10.8. The molecule has 232 valence electrons. The third-order valence-electron chi connectivity index (χ3n) is 5.89. The van der Waals surface area contributed by atoms with Gasteiger partial charge in [0, 0.05) is 25.9 Å². The van der Waals surface area contributed by atoms with E-state index in [0.29, 0.717) is 57.9 Å². The molecule has 0 aliphatic rings. The number of ether oxygens (including phenoxy) is 3. The van der Waals surface area contributed by atoms with Gasteiger partial charge < -0.3 is 34.7 Å². The number of aliphatic carboxylic acids is 1. The van der Waals surface area contributed by atoms with Crippen LogP contribution in [0.1, 0.15) is 103 Å². The fraction of sp³-hybridized carbons (Fsp3) is 0.897. The van der Waals surface area contributed by atoms with Crippen molar-refractivity contribution in [2.24, 2.45) is 0 Å². The Morgan fingerprint density at radius 2 is 1.08 bits per heavy atom. The van der Waals surface area contributed by atoms with E-state index in [0.717, 1.165) is 38.5 Å². The largest absolute Gasteiger partial charge is 0.481 e. The summed E-state index contributed by atoms with van der Waals surface area (Å²) < 4.78 is 15.8. The first-order valence-electron chi connectivity index (χ1n) is 14.9. The fourth-order valence-corrected chi connectivity index (χ4v) is 3.85. The molecule has 0 bridgehead atoms. The molecule has 1 amide bonds. The van der Waals surface area contributed by atoms with Gasteiger partial charge in [0.1, 0.15) is 6.29 Å². The summed E-state index contributed by atoms with van der Waals surface area (Å²) in [6, 6.07) is 0. The van der Waals surface area contributed by atoms with E-state index in [9.17, 15) is 14.4 Å². The highest BCUT2D eigenvalue weighted by Crippen LogP contribution is 2.13. The molecule has 0 aliphatic carbocycles. The lowest BCUT2D eigenvalue weighted by molar-refractivity contribution is -0.137. The Balaban J connectivity index is 0. The number of unbranched alkanes of at least 4 members (excludes halogenated alkanes) is 14. The highest BCUT2D eigenvalue weighted by molar-refractivity contribution is 9.09. The van der Waals surface area contributed by atoms with Crippen molar-refractivity contribution in [3.63, 3.8) is 0 Å². The molecule has 0 rings (SSSR count). The molecule has 0 aromatic heterocycles. The Bertz CT molecular complexity index is 528. The minimum Gasteiger partial charge on any atom is -0.481 e. The van der Waals surface area contributed by atoms with Crippen LogP contribution < -0.4 is 10.6 Å². The quantitative estimate of drug-likeness (QED) is 0.0560. The zero-order chi connectivity index (χ0) is 29.1. The third kappa shape index (κ3) is 41.6. The zero-order valence-electron chi connectivity index (χ0n) is 24.5. The van der Waals surface area contributed by atoms with Crippen molar-refractivity contribution >= 4 is 34.1 Å². The van der Waals surface area contributed by atoms with Crippen molar-refractivity contribution in [2.45, 2.75) is 103 Å². The average molecular weight is 626 g/mol. The highest BCUT2D eigenvalue weighted by atomic mass is 79.9. The molecule has 0 aliphatic heterocycles. The van der Waals surface area contributed by atoms with E-state index in [1.165, 1.54) is 70.6 Å². The standard InChI is InChI=1S/C18H34O3.C11H23BrN2O4/c19-17-15-13-11-9-7-5-3-1-2-4-6-8-10-12-14-16-18(20)21;1-13-2-4-16-6-8-18-9-7-17-5-3-14-11(15)10-12/h17H,1-16H2,(H,20,21);13H,2-10H2,1H3,(H,14,15). The number of aldehydes is 1. The summed E-state index contributed by atoms with van der Waals surface area (Å²) in [5, 5.41) is 14.5. The predicted octanol–water partition coefficient (Wildman–Crippen LogP) is 5.28. The number of alkyl halides is 1. The van der Waals surface area contributed by atoms with Gasteiger partial charge in [-0.25, -0.2) is 0 Å². The molecule has 0 atom stereocenters.